The first-order valence-corrected chi connectivity index (χ1v) is 4.58. The lowest BCUT2D eigenvalue weighted by molar-refractivity contribution is 0.366. The molecule has 0 aromatic rings. The summed E-state index contributed by atoms with van der Waals surface area (Å²) in [4.78, 5) is 7.95. The highest BCUT2D eigenvalue weighted by Gasteiger charge is 2.37. The lowest BCUT2D eigenvalue weighted by Gasteiger charge is -2.37. The van der Waals surface area contributed by atoms with E-state index in [1.807, 2.05) is 0 Å². The second kappa shape index (κ2) is 2.92. The van der Waals surface area contributed by atoms with E-state index in [4.69, 9.17) is 0 Å². The number of hydrogen-bond acceptors (Lipinski definition) is 2. The van der Waals surface area contributed by atoms with Gasteiger partial charge in [-0.25, -0.2) is 4.99 Å². The molecule has 1 unspecified atom stereocenters. The second-order valence-corrected chi connectivity index (χ2v) is 5.46. The molecule has 66 valence electrons. The maximum absolute atomic E-state index is 4.10. The van der Waals surface area contributed by atoms with Crippen molar-refractivity contribution in [1.82, 2.24) is 0 Å². The van der Waals surface area contributed by atoms with Gasteiger partial charge >= 0.3 is 0 Å². The Morgan fingerprint density at radius 2 is 1.92 bits per heavy atom. The monoisotopic (exact) mass is 182 g/mol. The van der Waals surface area contributed by atoms with Crippen LogP contribution in [-0.2, 0) is 0 Å². The summed E-state index contributed by atoms with van der Waals surface area (Å²) in [5, 5.41) is -0.0278. The fourth-order valence-corrected chi connectivity index (χ4v) is 0.975. The van der Waals surface area contributed by atoms with Crippen LogP contribution in [0.15, 0.2) is 9.98 Å². The molecule has 0 saturated carbocycles. The normalized spacial score (nSPS) is 22.2. The lowest BCUT2D eigenvalue weighted by Crippen LogP contribution is -2.41. The van der Waals surface area contributed by atoms with E-state index >= 15 is 0 Å². The Morgan fingerprint density at radius 3 is 2.25 bits per heavy atom. The topological polar surface area (TPSA) is 24.7 Å². The number of hydrogen-bond donors (Lipinski definition) is 0. The van der Waals surface area contributed by atoms with E-state index in [0.29, 0.717) is 0 Å². The van der Waals surface area contributed by atoms with Gasteiger partial charge in [-0.1, -0.05) is 20.8 Å². The zero-order chi connectivity index (χ0) is 9.41. The molecule has 0 saturated heterocycles. The van der Waals surface area contributed by atoms with Crippen molar-refractivity contribution in [1.29, 1.82) is 0 Å². The van der Waals surface area contributed by atoms with E-state index in [1.165, 1.54) is 0 Å². The first-order chi connectivity index (χ1) is 5.36. The van der Waals surface area contributed by atoms with Gasteiger partial charge in [-0.2, -0.15) is 0 Å². The zero-order valence-electron chi connectivity index (χ0n) is 8.05. The van der Waals surface area contributed by atoms with Crippen molar-refractivity contribution in [3.8, 4) is 0 Å². The largest absolute Gasteiger partial charge is 0.252 e. The molecule has 0 aromatic heterocycles. The Bertz CT molecular complexity index is 233. The minimum atomic E-state index is -0.0278. The molecule has 12 heavy (non-hydrogen) atoms. The lowest BCUT2D eigenvalue weighted by atomic mass is 9.78. The van der Waals surface area contributed by atoms with Crippen LogP contribution < -0.4 is 0 Å². The van der Waals surface area contributed by atoms with Crippen LogP contribution in [0.5, 0.6) is 0 Å². The van der Waals surface area contributed by atoms with Crippen LogP contribution in [-0.4, -0.2) is 17.1 Å². The molecule has 1 heterocycles. The average Bonchev–Trinajstić information content (AvgIpc) is 2.34. The third-order valence-corrected chi connectivity index (χ3v) is 3.67. The summed E-state index contributed by atoms with van der Waals surface area (Å²) < 4.78 is 0. The fraction of sp³-hybridized carbons (Fsp3) is 0.667. The quantitative estimate of drug-likeness (QED) is 0.555. The van der Waals surface area contributed by atoms with Crippen LogP contribution in [0.25, 0.3) is 0 Å². The highest BCUT2D eigenvalue weighted by Crippen LogP contribution is 2.39. The Kier molecular flexibility index (Phi) is 2.40. The molecule has 0 aromatic carbocycles. The third-order valence-electron chi connectivity index (χ3n) is 2.51. The molecule has 1 aliphatic rings. The summed E-state index contributed by atoms with van der Waals surface area (Å²) in [6, 6.07) is 0. The van der Waals surface area contributed by atoms with Gasteiger partial charge in [0.1, 0.15) is 0 Å². The molecule has 2 nitrogen and oxygen atoms in total. The molecule has 0 aliphatic carbocycles. The predicted molar refractivity (Wildman–Crippen MR) is 56.7 cm³/mol. The SMILES string of the molecule is CC(C)(C)[C@@](C)(P)C1=N[C]N=C1. The first kappa shape index (κ1) is 9.85. The summed E-state index contributed by atoms with van der Waals surface area (Å²) in [5.41, 5.74) is 1.15. The molecule has 2 radical (unpaired) electrons. The van der Waals surface area contributed by atoms with Crippen molar-refractivity contribution < 1.29 is 0 Å². The summed E-state index contributed by atoms with van der Waals surface area (Å²) in [6.07, 6.45) is 1.78. The van der Waals surface area contributed by atoms with Gasteiger partial charge in [0.25, 0.3) is 0 Å². The van der Waals surface area contributed by atoms with Gasteiger partial charge in [0.05, 0.1) is 5.71 Å². The number of aliphatic imine (C=N–C) groups is 2. The van der Waals surface area contributed by atoms with Crippen LogP contribution in [0.2, 0.25) is 0 Å². The molecule has 0 amide bonds. The van der Waals surface area contributed by atoms with E-state index in [2.05, 4.69) is 53.6 Å². The van der Waals surface area contributed by atoms with Crippen molar-refractivity contribution >= 4 is 21.2 Å². The van der Waals surface area contributed by atoms with Crippen molar-refractivity contribution in [2.45, 2.75) is 32.9 Å². The van der Waals surface area contributed by atoms with Crippen LogP contribution in [0.3, 0.4) is 0 Å². The van der Waals surface area contributed by atoms with Gasteiger partial charge in [-0.05, 0) is 12.3 Å². The molecular weight excluding hydrogens is 167 g/mol. The summed E-state index contributed by atoms with van der Waals surface area (Å²) in [6.45, 7) is 11.3. The molecule has 0 spiro atoms. The van der Waals surface area contributed by atoms with Crippen molar-refractivity contribution in [3.05, 3.63) is 6.67 Å². The molecule has 2 atom stereocenters. The molecule has 1 aliphatic heterocycles. The smallest absolute Gasteiger partial charge is 0.250 e. The fourth-order valence-electron chi connectivity index (χ4n) is 0.836. The van der Waals surface area contributed by atoms with Crippen molar-refractivity contribution in [2.24, 2.45) is 15.4 Å². The first-order valence-electron chi connectivity index (χ1n) is 4.01. The maximum Gasteiger partial charge on any atom is 0.250 e. The maximum atomic E-state index is 4.10. The van der Waals surface area contributed by atoms with E-state index < -0.39 is 0 Å². The Hall–Kier alpha value is -0.230. The highest BCUT2D eigenvalue weighted by molar-refractivity contribution is 7.21. The molecule has 0 fully saturated rings. The van der Waals surface area contributed by atoms with Crippen LogP contribution in [0, 0.1) is 12.1 Å². The van der Waals surface area contributed by atoms with Gasteiger partial charge in [0.2, 0.25) is 6.67 Å². The van der Waals surface area contributed by atoms with Gasteiger partial charge < -0.3 is 0 Å². The number of rotatable bonds is 1. The molecule has 3 heteroatoms. The van der Waals surface area contributed by atoms with Gasteiger partial charge in [-0.3, -0.25) is 4.99 Å². The highest BCUT2D eigenvalue weighted by atomic mass is 31.0. The minimum Gasteiger partial charge on any atom is -0.252 e. The molecule has 1 rings (SSSR count). The molecule has 0 bridgehead atoms. The van der Waals surface area contributed by atoms with Crippen LogP contribution in [0.4, 0.5) is 0 Å². The van der Waals surface area contributed by atoms with Gasteiger partial charge in [0, 0.05) is 11.4 Å². The number of nitrogens with zero attached hydrogens (tertiary/aromatic N) is 2. The average molecular weight is 182 g/mol. The molecular formula is C9H15N2P. The molecule has 0 N–H and O–H groups in total. The summed E-state index contributed by atoms with van der Waals surface area (Å²) in [7, 11) is 2.84. The Morgan fingerprint density at radius 1 is 1.33 bits per heavy atom. The van der Waals surface area contributed by atoms with Crippen LogP contribution in [0.1, 0.15) is 27.7 Å². The van der Waals surface area contributed by atoms with E-state index in [1.54, 1.807) is 6.21 Å². The summed E-state index contributed by atoms with van der Waals surface area (Å²) >= 11 is 0. The Balaban J connectivity index is 2.92. The summed E-state index contributed by atoms with van der Waals surface area (Å²) in [5.74, 6) is 0. The third kappa shape index (κ3) is 1.59. The predicted octanol–water partition coefficient (Wildman–Crippen LogP) is 2.19. The second-order valence-electron chi connectivity index (χ2n) is 4.31. The van der Waals surface area contributed by atoms with E-state index in [-0.39, 0.29) is 10.6 Å². The Labute approximate surface area is 76.8 Å². The minimum absolute atomic E-state index is 0.0278. The van der Waals surface area contributed by atoms with Crippen molar-refractivity contribution in [3.63, 3.8) is 0 Å². The van der Waals surface area contributed by atoms with Crippen molar-refractivity contribution in [2.75, 3.05) is 0 Å². The van der Waals surface area contributed by atoms with E-state index in [9.17, 15) is 0 Å². The zero-order valence-corrected chi connectivity index (χ0v) is 9.20. The van der Waals surface area contributed by atoms with E-state index in [0.717, 1.165) is 5.71 Å². The van der Waals surface area contributed by atoms with Gasteiger partial charge in [0.15, 0.2) is 0 Å². The standard InChI is InChI=1S/C9H15N2P/c1-8(2,3)9(4,12)7-5-10-6-11-7/h5H,12H2,1-4H3/t9-/m0/s1. The van der Waals surface area contributed by atoms with Crippen LogP contribution >= 0.6 is 9.24 Å². The van der Waals surface area contributed by atoms with Gasteiger partial charge in [-0.15, -0.1) is 9.24 Å².